The third kappa shape index (κ3) is 1.29. The van der Waals surface area contributed by atoms with Gasteiger partial charge in [0.25, 0.3) is 0 Å². The standard InChI is InChI=1S/C8H15N5/c1-13(2)7-10-6(11-12-7)8(9)4-3-5-8/h3-5,9H2,1-2H3,(H,10,11,12). The van der Waals surface area contributed by atoms with Crippen LogP contribution >= 0.6 is 0 Å². The van der Waals surface area contributed by atoms with Gasteiger partial charge in [0.2, 0.25) is 5.95 Å². The van der Waals surface area contributed by atoms with E-state index in [1.165, 1.54) is 6.42 Å². The zero-order chi connectivity index (χ0) is 9.47. The molecule has 1 fully saturated rings. The van der Waals surface area contributed by atoms with Crippen LogP contribution in [0.5, 0.6) is 0 Å². The number of rotatable bonds is 2. The maximum atomic E-state index is 6.09. The zero-order valence-electron chi connectivity index (χ0n) is 8.04. The largest absolute Gasteiger partial charge is 0.346 e. The summed E-state index contributed by atoms with van der Waals surface area (Å²) >= 11 is 0. The minimum atomic E-state index is -0.235. The van der Waals surface area contributed by atoms with Gasteiger partial charge in [-0.3, -0.25) is 5.10 Å². The third-order valence-electron chi connectivity index (χ3n) is 2.59. The van der Waals surface area contributed by atoms with E-state index in [-0.39, 0.29) is 5.54 Å². The second-order valence-electron chi connectivity index (χ2n) is 3.89. The highest BCUT2D eigenvalue weighted by atomic mass is 15.3. The van der Waals surface area contributed by atoms with Crippen LogP contribution in [-0.4, -0.2) is 29.3 Å². The first-order valence-corrected chi connectivity index (χ1v) is 4.51. The monoisotopic (exact) mass is 181 g/mol. The van der Waals surface area contributed by atoms with Gasteiger partial charge in [-0.05, 0) is 19.3 Å². The highest BCUT2D eigenvalue weighted by Crippen LogP contribution is 2.36. The van der Waals surface area contributed by atoms with Crippen molar-refractivity contribution >= 4 is 5.95 Å². The highest BCUT2D eigenvalue weighted by Gasteiger charge is 2.37. The molecule has 0 bridgehead atoms. The second kappa shape index (κ2) is 2.70. The van der Waals surface area contributed by atoms with Crippen molar-refractivity contribution in [3.63, 3.8) is 0 Å². The molecule has 13 heavy (non-hydrogen) atoms. The number of hydrogen-bond acceptors (Lipinski definition) is 4. The van der Waals surface area contributed by atoms with Gasteiger partial charge in [0.15, 0.2) is 0 Å². The lowest BCUT2D eigenvalue weighted by atomic mass is 9.77. The predicted octanol–water partition coefficient (Wildman–Crippen LogP) is 0.209. The summed E-state index contributed by atoms with van der Waals surface area (Å²) < 4.78 is 0. The summed E-state index contributed by atoms with van der Waals surface area (Å²) in [5, 5.41) is 6.98. The van der Waals surface area contributed by atoms with Crippen molar-refractivity contribution < 1.29 is 0 Å². The molecule has 0 aromatic carbocycles. The predicted molar refractivity (Wildman–Crippen MR) is 50.4 cm³/mol. The van der Waals surface area contributed by atoms with Crippen molar-refractivity contribution in [2.45, 2.75) is 24.8 Å². The molecule has 3 N–H and O–H groups in total. The minimum absolute atomic E-state index is 0.235. The van der Waals surface area contributed by atoms with Crippen LogP contribution in [0.1, 0.15) is 25.1 Å². The second-order valence-corrected chi connectivity index (χ2v) is 3.89. The van der Waals surface area contributed by atoms with Gasteiger partial charge in [-0.1, -0.05) is 0 Å². The smallest absolute Gasteiger partial charge is 0.244 e. The molecule has 5 heteroatoms. The fourth-order valence-corrected chi connectivity index (χ4v) is 1.47. The molecule has 1 aliphatic rings. The molecule has 0 amide bonds. The molecule has 0 spiro atoms. The molecule has 0 unspecified atom stereocenters. The molecule has 0 saturated heterocycles. The van der Waals surface area contributed by atoms with Crippen molar-refractivity contribution in [1.82, 2.24) is 15.2 Å². The molecule has 5 nitrogen and oxygen atoms in total. The first-order valence-electron chi connectivity index (χ1n) is 4.51. The lowest BCUT2D eigenvalue weighted by Crippen LogP contribution is -2.44. The molecule has 0 atom stereocenters. The molecule has 1 saturated carbocycles. The summed E-state index contributed by atoms with van der Waals surface area (Å²) in [4.78, 5) is 6.20. The maximum Gasteiger partial charge on any atom is 0.244 e. The number of nitrogens with zero attached hydrogens (tertiary/aromatic N) is 3. The number of anilines is 1. The number of nitrogens with one attached hydrogen (secondary N) is 1. The van der Waals surface area contributed by atoms with Gasteiger partial charge in [-0.2, -0.15) is 4.98 Å². The molecule has 1 heterocycles. The van der Waals surface area contributed by atoms with E-state index >= 15 is 0 Å². The van der Waals surface area contributed by atoms with Gasteiger partial charge in [-0.25, -0.2) is 0 Å². The Morgan fingerprint density at radius 3 is 2.54 bits per heavy atom. The van der Waals surface area contributed by atoms with Gasteiger partial charge in [0, 0.05) is 14.1 Å². The van der Waals surface area contributed by atoms with Gasteiger partial charge in [0.05, 0.1) is 5.54 Å². The van der Waals surface area contributed by atoms with Crippen molar-refractivity contribution in [3.8, 4) is 0 Å². The van der Waals surface area contributed by atoms with E-state index in [0.29, 0.717) is 5.95 Å². The summed E-state index contributed by atoms with van der Waals surface area (Å²) in [6.07, 6.45) is 3.21. The van der Waals surface area contributed by atoms with Crippen molar-refractivity contribution in [2.24, 2.45) is 5.73 Å². The van der Waals surface area contributed by atoms with E-state index in [0.717, 1.165) is 18.7 Å². The first-order chi connectivity index (χ1) is 6.12. The first kappa shape index (κ1) is 8.50. The summed E-state index contributed by atoms with van der Waals surface area (Å²) in [6.45, 7) is 0. The topological polar surface area (TPSA) is 70.8 Å². The fourth-order valence-electron chi connectivity index (χ4n) is 1.47. The Morgan fingerprint density at radius 2 is 2.15 bits per heavy atom. The van der Waals surface area contributed by atoms with Crippen LogP contribution in [0.3, 0.4) is 0 Å². The molecule has 1 aromatic rings. The maximum absolute atomic E-state index is 6.09. The highest BCUT2D eigenvalue weighted by molar-refractivity contribution is 5.27. The molecule has 72 valence electrons. The van der Waals surface area contributed by atoms with E-state index < -0.39 is 0 Å². The van der Waals surface area contributed by atoms with Crippen LogP contribution < -0.4 is 10.6 Å². The van der Waals surface area contributed by atoms with Crippen LogP contribution in [0.15, 0.2) is 0 Å². The van der Waals surface area contributed by atoms with Crippen LogP contribution in [-0.2, 0) is 5.54 Å². The number of H-pyrrole nitrogens is 1. The van der Waals surface area contributed by atoms with Crippen molar-refractivity contribution in [3.05, 3.63) is 5.82 Å². The summed E-state index contributed by atoms with van der Waals surface area (Å²) in [5.74, 6) is 1.52. The Kier molecular flexibility index (Phi) is 1.76. The van der Waals surface area contributed by atoms with Crippen LogP contribution in [0, 0.1) is 0 Å². The van der Waals surface area contributed by atoms with Gasteiger partial charge in [0.1, 0.15) is 5.82 Å². The quantitative estimate of drug-likeness (QED) is 0.684. The number of aromatic nitrogens is 3. The van der Waals surface area contributed by atoms with Gasteiger partial charge >= 0.3 is 0 Å². The Balaban J connectivity index is 2.22. The van der Waals surface area contributed by atoms with Crippen LogP contribution in [0.25, 0.3) is 0 Å². The lowest BCUT2D eigenvalue weighted by Gasteiger charge is -2.35. The molecule has 2 rings (SSSR count). The van der Waals surface area contributed by atoms with E-state index in [2.05, 4.69) is 15.2 Å². The Hall–Kier alpha value is -1.10. The average molecular weight is 181 g/mol. The van der Waals surface area contributed by atoms with Crippen molar-refractivity contribution in [1.29, 1.82) is 0 Å². The minimum Gasteiger partial charge on any atom is -0.346 e. The Morgan fingerprint density at radius 1 is 1.46 bits per heavy atom. The van der Waals surface area contributed by atoms with E-state index in [9.17, 15) is 0 Å². The molecule has 0 radical (unpaired) electrons. The van der Waals surface area contributed by atoms with Crippen molar-refractivity contribution in [2.75, 3.05) is 19.0 Å². The molecular formula is C8H15N5. The molecule has 0 aliphatic heterocycles. The molecule has 1 aromatic heterocycles. The van der Waals surface area contributed by atoms with E-state index in [1.807, 2.05) is 19.0 Å². The summed E-state index contributed by atoms with van der Waals surface area (Å²) in [6, 6.07) is 0. The Labute approximate surface area is 77.3 Å². The van der Waals surface area contributed by atoms with Gasteiger partial charge < -0.3 is 10.6 Å². The Bertz CT molecular complexity index is 299. The summed E-state index contributed by atoms with van der Waals surface area (Å²) in [5.41, 5.74) is 5.85. The number of hydrogen-bond donors (Lipinski definition) is 2. The molecular weight excluding hydrogens is 166 g/mol. The fraction of sp³-hybridized carbons (Fsp3) is 0.750. The lowest BCUT2D eigenvalue weighted by molar-refractivity contribution is 0.239. The SMILES string of the molecule is CN(C)c1n[nH]c(C2(N)CCC2)n1. The summed E-state index contributed by atoms with van der Waals surface area (Å²) in [7, 11) is 3.83. The number of aromatic amines is 1. The van der Waals surface area contributed by atoms with E-state index in [4.69, 9.17) is 5.73 Å². The van der Waals surface area contributed by atoms with Gasteiger partial charge in [-0.15, -0.1) is 5.10 Å². The normalized spacial score (nSPS) is 19.6. The molecule has 1 aliphatic carbocycles. The average Bonchev–Trinajstić information content (AvgIpc) is 2.48. The van der Waals surface area contributed by atoms with Crippen LogP contribution in [0.2, 0.25) is 0 Å². The third-order valence-corrected chi connectivity index (χ3v) is 2.59. The van der Waals surface area contributed by atoms with E-state index in [1.54, 1.807) is 0 Å². The van der Waals surface area contributed by atoms with Crippen LogP contribution in [0.4, 0.5) is 5.95 Å². The zero-order valence-corrected chi connectivity index (χ0v) is 8.04. The number of nitrogens with two attached hydrogens (primary N) is 1.